The first-order valence-corrected chi connectivity index (χ1v) is 10.3. The minimum Gasteiger partial charge on any atom is -0.427 e. The lowest BCUT2D eigenvalue weighted by atomic mass is 10.0. The van der Waals surface area contributed by atoms with Crippen molar-refractivity contribution in [2.24, 2.45) is 0 Å². The van der Waals surface area contributed by atoms with Crippen molar-refractivity contribution in [1.29, 1.82) is 0 Å². The van der Waals surface area contributed by atoms with Crippen LogP contribution in [-0.2, 0) is 9.53 Å². The highest BCUT2D eigenvalue weighted by molar-refractivity contribution is 5.92. The summed E-state index contributed by atoms with van der Waals surface area (Å²) in [5, 5.41) is 19.5. The lowest BCUT2D eigenvalue weighted by Gasteiger charge is -2.17. The molecule has 0 saturated carbocycles. The van der Waals surface area contributed by atoms with E-state index < -0.39 is 17.9 Å². The van der Waals surface area contributed by atoms with Crippen LogP contribution in [0.5, 0.6) is 0 Å². The second-order valence-corrected chi connectivity index (χ2v) is 7.54. The molecule has 4 heteroatoms. The summed E-state index contributed by atoms with van der Waals surface area (Å²) in [5.41, 5.74) is 0.198. The van der Waals surface area contributed by atoms with Gasteiger partial charge in [-0.1, -0.05) is 90.0 Å². The van der Waals surface area contributed by atoms with Gasteiger partial charge in [-0.2, -0.15) is 0 Å². The summed E-state index contributed by atoms with van der Waals surface area (Å²) in [6.07, 6.45) is 18.2. The fourth-order valence-corrected chi connectivity index (χ4v) is 3.32. The van der Waals surface area contributed by atoms with Gasteiger partial charge < -0.3 is 14.9 Å². The zero-order chi connectivity index (χ0) is 18.5. The second kappa shape index (κ2) is 12.5. The highest BCUT2D eigenvalue weighted by Crippen LogP contribution is 2.29. The van der Waals surface area contributed by atoms with E-state index in [4.69, 9.17) is 4.74 Å². The zero-order valence-corrected chi connectivity index (χ0v) is 16.3. The molecule has 25 heavy (non-hydrogen) atoms. The van der Waals surface area contributed by atoms with Gasteiger partial charge in [0.2, 0.25) is 5.79 Å². The lowest BCUT2D eigenvalue weighted by molar-refractivity contribution is -0.203. The van der Waals surface area contributed by atoms with Gasteiger partial charge in [0.1, 0.15) is 0 Å². The Labute approximate surface area is 153 Å². The maximum atomic E-state index is 11.6. The maximum absolute atomic E-state index is 11.6. The highest BCUT2D eigenvalue weighted by atomic mass is 16.7. The number of ether oxygens (including phenoxy) is 1. The fraction of sp³-hybridized carbons (Fsp3) is 0.857. The zero-order valence-electron chi connectivity index (χ0n) is 16.3. The summed E-state index contributed by atoms with van der Waals surface area (Å²) in [7, 11) is 0. The Morgan fingerprint density at radius 3 is 1.76 bits per heavy atom. The highest BCUT2D eigenvalue weighted by Gasteiger charge is 2.47. The molecular formula is C21H38O4. The van der Waals surface area contributed by atoms with Gasteiger partial charge in [-0.05, 0) is 12.8 Å². The van der Waals surface area contributed by atoms with Crippen LogP contribution in [0.25, 0.3) is 0 Å². The van der Waals surface area contributed by atoms with E-state index in [-0.39, 0.29) is 5.57 Å². The molecule has 2 N–H and O–H groups in total. The standard InChI is InChI=1S/C21H38O4/c1-3-4-5-6-7-8-9-10-11-12-13-14-15-16-17-18-19(22)21(2,24)25-20(18)23/h17,19,22,24H,3-16H2,1-2H3/t19-,21-/m1/s1. The summed E-state index contributed by atoms with van der Waals surface area (Å²) in [6.45, 7) is 3.56. The van der Waals surface area contributed by atoms with Crippen LogP contribution in [0.4, 0.5) is 0 Å². The first-order valence-electron chi connectivity index (χ1n) is 10.3. The third kappa shape index (κ3) is 8.87. The van der Waals surface area contributed by atoms with Crippen molar-refractivity contribution < 1.29 is 19.7 Å². The molecule has 1 saturated heterocycles. The molecule has 1 heterocycles. The fourth-order valence-electron chi connectivity index (χ4n) is 3.32. The van der Waals surface area contributed by atoms with E-state index in [1.165, 1.54) is 77.6 Å². The monoisotopic (exact) mass is 354 g/mol. The summed E-state index contributed by atoms with van der Waals surface area (Å²) in [4.78, 5) is 11.6. The minimum absolute atomic E-state index is 0.198. The molecule has 0 radical (unpaired) electrons. The smallest absolute Gasteiger partial charge is 0.339 e. The number of rotatable bonds is 14. The quantitative estimate of drug-likeness (QED) is 0.261. The molecule has 1 rings (SSSR count). The predicted molar refractivity (Wildman–Crippen MR) is 101 cm³/mol. The first-order chi connectivity index (χ1) is 12.0. The van der Waals surface area contributed by atoms with Gasteiger partial charge in [0.05, 0.1) is 5.57 Å². The van der Waals surface area contributed by atoms with E-state index >= 15 is 0 Å². The minimum atomic E-state index is -1.78. The molecule has 0 bridgehead atoms. The number of aliphatic hydroxyl groups excluding tert-OH is 1. The molecule has 0 amide bonds. The largest absolute Gasteiger partial charge is 0.427 e. The Kier molecular flexibility index (Phi) is 11.1. The molecule has 0 aromatic heterocycles. The van der Waals surface area contributed by atoms with E-state index in [9.17, 15) is 15.0 Å². The number of carbonyl (C=O) groups excluding carboxylic acids is 1. The van der Waals surface area contributed by atoms with Crippen molar-refractivity contribution in [2.75, 3.05) is 0 Å². The van der Waals surface area contributed by atoms with Crippen LogP contribution in [0.2, 0.25) is 0 Å². The number of esters is 1. The van der Waals surface area contributed by atoms with E-state index in [1.54, 1.807) is 6.08 Å². The number of cyclic esters (lactones) is 1. The van der Waals surface area contributed by atoms with Crippen LogP contribution in [-0.4, -0.2) is 28.1 Å². The van der Waals surface area contributed by atoms with Crippen LogP contribution < -0.4 is 0 Å². The Hall–Kier alpha value is -0.870. The predicted octanol–water partition coefficient (Wildman–Crippen LogP) is 5.02. The second-order valence-electron chi connectivity index (χ2n) is 7.54. The normalized spacial score (nSPS) is 24.9. The number of allylic oxidation sites excluding steroid dienone is 1. The molecule has 1 aliphatic rings. The topological polar surface area (TPSA) is 66.8 Å². The van der Waals surface area contributed by atoms with Gasteiger partial charge in [-0.15, -0.1) is 0 Å². The van der Waals surface area contributed by atoms with E-state index in [0.29, 0.717) is 0 Å². The molecule has 0 aliphatic carbocycles. The number of hydrogen-bond donors (Lipinski definition) is 2. The van der Waals surface area contributed by atoms with Crippen LogP contribution in [0, 0.1) is 0 Å². The number of carbonyl (C=O) groups is 1. The van der Waals surface area contributed by atoms with Crippen LogP contribution >= 0.6 is 0 Å². The number of hydrogen-bond acceptors (Lipinski definition) is 4. The van der Waals surface area contributed by atoms with Crippen molar-refractivity contribution >= 4 is 5.97 Å². The Bertz CT molecular complexity index is 401. The molecule has 1 aliphatic heterocycles. The van der Waals surface area contributed by atoms with Gasteiger partial charge in [0.15, 0.2) is 6.10 Å². The Morgan fingerprint density at radius 1 is 0.920 bits per heavy atom. The van der Waals surface area contributed by atoms with Crippen molar-refractivity contribution in [3.05, 3.63) is 11.6 Å². The molecule has 0 spiro atoms. The Balaban J connectivity index is 1.93. The van der Waals surface area contributed by atoms with Gasteiger partial charge in [0, 0.05) is 6.92 Å². The molecule has 4 nitrogen and oxygen atoms in total. The summed E-state index contributed by atoms with van der Waals surface area (Å²) >= 11 is 0. The average Bonchev–Trinajstić information content (AvgIpc) is 2.76. The summed E-state index contributed by atoms with van der Waals surface area (Å²) in [5.74, 6) is -2.38. The molecule has 0 aromatic carbocycles. The van der Waals surface area contributed by atoms with Crippen molar-refractivity contribution in [3.63, 3.8) is 0 Å². The molecule has 0 unspecified atom stereocenters. The van der Waals surface area contributed by atoms with Crippen LogP contribution in [0.15, 0.2) is 11.6 Å². The van der Waals surface area contributed by atoms with E-state index in [1.807, 2.05) is 0 Å². The van der Waals surface area contributed by atoms with Gasteiger partial charge >= 0.3 is 5.97 Å². The Morgan fingerprint density at radius 2 is 1.36 bits per heavy atom. The third-order valence-corrected chi connectivity index (χ3v) is 5.01. The molecular weight excluding hydrogens is 316 g/mol. The van der Waals surface area contributed by atoms with Gasteiger partial charge in [-0.25, -0.2) is 4.79 Å². The van der Waals surface area contributed by atoms with Gasteiger partial charge in [0.25, 0.3) is 0 Å². The van der Waals surface area contributed by atoms with Crippen molar-refractivity contribution in [1.82, 2.24) is 0 Å². The third-order valence-electron chi connectivity index (χ3n) is 5.01. The lowest BCUT2D eigenvalue weighted by Crippen LogP contribution is -2.35. The molecule has 1 fully saturated rings. The van der Waals surface area contributed by atoms with Crippen molar-refractivity contribution in [3.8, 4) is 0 Å². The van der Waals surface area contributed by atoms with Crippen molar-refractivity contribution in [2.45, 2.75) is 116 Å². The van der Waals surface area contributed by atoms with Crippen LogP contribution in [0.1, 0.15) is 104 Å². The summed E-state index contributed by atoms with van der Waals surface area (Å²) in [6, 6.07) is 0. The first kappa shape index (κ1) is 22.2. The average molecular weight is 355 g/mol. The van der Waals surface area contributed by atoms with E-state index in [2.05, 4.69) is 6.92 Å². The number of unbranched alkanes of at least 4 members (excludes halogenated alkanes) is 13. The molecule has 146 valence electrons. The SMILES string of the molecule is CCCCCCCCCCCCCCCC=C1C(=O)O[C@@](C)(O)[C@@H]1O. The number of aliphatic hydroxyl groups is 2. The molecule has 2 atom stereocenters. The maximum Gasteiger partial charge on any atom is 0.339 e. The molecule has 0 aromatic rings. The van der Waals surface area contributed by atoms with E-state index in [0.717, 1.165) is 19.3 Å². The van der Waals surface area contributed by atoms with Gasteiger partial charge in [-0.3, -0.25) is 0 Å². The van der Waals surface area contributed by atoms with Crippen LogP contribution in [0.3, 0.4) is 0 Å². The summed E-state index contributed by atoms with van der Waals surface area (Å²) < 4.78 is 4.74.